The van der Waals surface area contributed by atoms with E-state index in [0.717, 1.165) is 26.1 Å². The van der Waals surface area contributed by atoms with E-state index in [1.165, 1.54) is 16.7 Å². The topological polar surface area (TPSA) is 29.3 Å². The minimum Gasteiger partial charge on any atom is -0.326 e. The third kappa shape index (κ3) is 3.21. The molecule has 0 aromatic heterocycles. The van der Waals surface area contributed by atoms with Crippen LogP contribution < -0.4 is 5.73 Å². The lowest BCUT2D eigenvalue weighted by molar-refractivity contribution is 0.327. The molecule has 2 nitrogen and oxygen atoms in total. The standard InChI is InChI=1S/C13H20N2.ClH/c1-10-3-4-12(7-11(10)2)8-15-6-5-13(14)9-15;/h3-4,7,13H,5-6,8-9,14H2,1-2H3;1H. The van der Waals surface area contributed by atoms with Crippen LogP contribution in [0, 0.1) is 13.8 Å². The first kappa shape index (κ1) is 13.5. The van der Waals surface area contributed by atoms with Gasteiger partial charge in [-0.05, 0) is 37.0 Å². The molecule has 2 rings (SSSR count). The second kappa shape index (κ2) is 5.67. The van der Waals surface area contributed by atoms with Gasteiger partial charge in [0.1, 0.15) is 0 Å². The van der Waals surface area contributed by atoms with E-state index in [4.69, 9.17) is 5.73 Å². The second-order valence-corrected chi connectivity index (χ2v) is 4.70. The monoisotopic (exact) mass is 240 g/mol. The molecule has 0 spiro atoms. The molecule has 2 N–H and O–H groups in total. The van der Waals surface area contributed by atoms with Crippen molar-refractivity contribution in [1.82, 2.24) is 4.90 Å². The van der Waals surface area contributed by atoms with E-state index in [-0.39, 0.29) is 12.4 Å². The highest BCUT2D eigenvalue weighted by molar-refractivity contribution is 5.85. The Morgan fingerprint density at radius 1 is 1.31 bits per heavy atom. The quantitative estimate of drug-likeness (QED) is 0.859. The summed E-state index contributed by atoms with van der Waals surface area (Å²) in [5, 5.41) is 0. The number of hydrogen-bond acceptors (Lipinski definition) is 2. The molecule has 16 heavy (non-hydrogen) atoms. The van der Waals surface area contributed by atoms with E-state index in [1.54, 1.807) is 0 Å². The SMILES string of the molecule is Cc1ccc(CN2CCC(N)C2)cc1C.Cl. The van der Waals surface area contributed by atoms with Crippen molar-refractivity contribution in [2.24, 2.45) is 5.73 Å². The van der Waals surface area contributed by atoms with Crippen molar-refractivity contribution in [3.63, 3.8) is 0 Å². The fourth-order valence-corrected chi connectivity index (χ4v) is 2.17. The Labute approximate surface area is 104 Å². The first-order valence-corrected chi connectivity index (χ1v) is 5.69. The van der Waals surface area contributed by atoms with Crippen molar-refractivity contribution in [3.8, 4) is 0 Å². The number of halogens is 1. The van der Waals surface area contributed by atoms with Crippen LogP contribution >= 0.6 is 12.4 Å². The maximum Gasteiger partial charge on any atom is 0.0234 e. The van der Waals surface area contributed by atoms with Crippen LogP contribution in [0.3, 0.4) is 0 Å². The van der Waals surface area contributed by atoms with Crippen LogP contribution in [0.1, 0.15) is 23.1 Å². The molecule has 0 amide bonds. The van der Waals surface area contributed by atoms with Gasteiger partial charge in [-0.15, -0.1) is 12.4 Å². The van der Waals surface area contributed by atoms with Crippen molar-refractivity contribution in [2.75, 3.05) is 13.1 Å². The molecule has 1 aliphatic rings. The van der Waals surface area contributed by atoms with Crippen molar-refractivity contribution in [2.45, 2.75) is 32.9 Å². The predicted molar refractivity (Wildman–Crippen MR) is 71.0 cm³/mol. The normalized spacial score (nSPS) is 20.8. The number of benzene rings is 1. The number of hydrogen-bond donors (Lipinski definition) is 1. The minimum atomic E-state index is 0. The third-order valence-corrected chi connectivity index (χ3v) is 3.29. The van der Waals surface area contributed by atoms with Crippen molar-refractivity contribution >= 4 is 12.4 Å². The van der Waals surface area contributed by atoms with Crippen LogP contribution in [-0.4, -0.2) is 24.0 Å². The molecule has 1 atom stereocenters. The van der Waals surface area contributed by atoms with Gasteiger partial charge in [0.25, 0.3) is 0 Å². The molecule has 1 heterocycles. The van der Waals surface area contributed by atoms with Crippen LogP contribution in [0.4, 0.5) is 0 Å². The fraction of sp³-hybridized carbons (Fsp3) is 0.538. The zero-order valence-electron chi connectivity index (χ0n) is 10.1. The maximum atomic E-state index is 5.89. The van der Waals surface area contributed by atoms with Crippen molar-refractivity contribution in [3.05, 3.63) is 34.9 Å². The molecule has 1 saturated heterocycles. The van der Waals surface area contributed by atoms with E-state index in [0.29, 0.717) is 6.04 Å². The molecule has 3 heteroatoms. The van der Waals surface area contributed by atoms with Crippen LogP contribution in [0.25, 0.3) is 0 Å². The third-order valence-electron chi connectivity index (χ3n) is 3.29. The predicted octanol–water partition coefficient (Wildman–Crippen LogP) is 2.26. The van der Waals surface area contributed by atoms with Gasteiger partial charge in [-0.3, -0.25) is 4.90 Å². The first-order chi connectivity index (χ1) is 7.15. The molecular formula is C13H21ClN2. The maximum absolute atomic E-state index is 5.89. The van der Waals surface area contributed by atoms with Crippen LogP contribution in [0.15, 0.2) is 18.2 Å². The second-order valence-electron chi connectivity index (χ2n) is 4.70. The van der Waals surface area contributed by atoms with Gasteiger partial charge < -0.3 is 5.73 Å². The summed E-state index contributed by atoms with van der Waals surface area (Å²) in [7, 11) is 0. The van der Waals surface area contributed by atoms with Gasteiger partial charge in [-0.1, -0.05) is 18.2 Å². The molecule has 1 aromatic carbocycles. The lowest BCUT2D eigenvalue weighted by atomic mass is 10.1. The van der Waals surface area contributed by atoms with Gasteiger partial charge in [0.2, 0.25) is 0 Å². The Bertz CT molecular complexity index is 352. The summed E-state index contributed by atoms with van der Waals surface area (Å²) in [4.78, 5) is 2.44. The smallest absolute Gasteiger partial charge is 0.0234 e. The Balaban J connectivity index is 0.00000128. The lowest BCUT2D eigenvalue weighted by Crippen LogP contribution is -2.26. The first-order valence-electron chi connectivity index (χ1n) is 5.69. The Kier molecular flexibility index (Phi) is 4.78. The molecule has 0 aliphatic carbocycles. The molecule has 1 unspecified atom stereocenters. The minimum absolute atomic E-state index is 0. The molecule has 0 saturated carbocycles. The zero-order valence-corrected chi connectivity index (χ0v) is 10.9. The van der Waals surface area contributed by atoms with Crippen LogP contribution in [-0.2, 0) is 6.54 Å². The van der Waals surface area contributed by atoms with Gasteiger partial charge in [0, 0.05) is 25.7 Å². The van der Waals surface area contributed by atoms with Crippen molar-refractivity contribution < 1.29 is 0 Å². The summed E-state index contributed by atoms with van der Waals surface area (Å²) in [5.74, 6) is 0. The molecule has 90 valence electrons. The van der Waals surface area contributed by atoms with Crippen LogP contribution in [0.2, 0.25) is 0 Å². The van der Waals surface area contributed by atoms with Gasteiger partial charge in [-0.2, -0.15) is 0 Å². The molecule has 1 fully saturated rings. The van der Waals surface area contributed by atoms with Gasteiger partial charge in [0.15, 0.2) is 0 Å². The number of nitrogens with zero attached hydrogens (tertiary/aromatic N) is 1. The fourth-order valence-electron chi connectivity index (χ4n) is 2.17. The lowest BCUT2D eigenvalue weighted by Gasteiger charge is -2.15. The highest BCUT2D eigenvalue weighted by atomic mass is 35.5. The zero-order chi connectivity index (χ0) is 10.8. The Morgan fingerprint density at radius 2 is 2.06 bits per heavy atom. The van der Waals surface area contributed by atoms with Gasteiger partial charge >= 0.3 is 0 Å². The van der Waals surface area contributed by atoms with E-state index in [1.807, 2.05) is 0 Å². The van der Waals surface area contributed by atoms with Gasteiger partial charge in [0.05, 0.1) is 0 Å². The number of aryl methyl sites for hydroxylation is 2. The highest BCUT2D eigenvalue weighted by Crippen LogP contribution is 2.15. The summed E-state index contributed by atoms with van der Waals surface area (Å²) in [6, 6.07) is 7.11. The molecule has 0 bridgehead atoms. The molecular weight excluding hydrogens is 220 g/mol. The van der Waals surface area contributed by atoms with Crippen molar-refractivity contribution in [1.29, 1.82) is 0 Å². The van der Waals surface area contributed by atoms with E-state index < -0.39 is 0 Å². The molecule has 1 aromatic rings. The number of nitrogens with two attached hydrogens (primary N) is 1. The molecule has 1 aliphatic heterocycles. The molecule has 0 radical (unpaired) electrons. The summed E-state index contributed by atoms with van der Waals surface area (Å²) in [5.41, 5.74) is 10.1. The van der Waals surface area contributed by atoms with E-state index in [9.17, 15) is 0 Å². The Morgan fingerprint density at radius 3 is 2.62 bits per heavy atom. The number of rotatable bonds is 2. The average molecular weight is 241 g/mol. The average Bonchev–Trinajstić information content (AvgIpc) is 2.58. The highest BCUT2D eigenvalue weighted by Gasteiger charge is 2.18. The van der Waals surface area contributed by atoms with E-state index in [2.05, 4.69) is 36.9 Å². The van der Waals surface area contributed by atoms with Gasteiger partial charge in [-0.25, -0.2) is 0 Å². The summed E-state index contributed by atoms with van der Waals surface area (Å²) in [6.45, 7) is 7.58. The summed E-state index contributed by atoms with van der Waals surface area (Å²) >= 11 is 0. The van der Waals surface area contributed by atoms with Crippen LogP contribution in [0.5, 0.6) is 0 Å². The largest absolute Gasteiger partial charge is 0.326 e. The summed E-state index contributed by atoms with van der Waals surface area (Å²) in [6.07, 6.45) is 1.14. The summed E-state index contributed by atoms with van der Waals surface area (Å²) < 4.78 is 0. The number of likely N-dealkylation sites (tertiary alicyclic amines) is 1. The Hall–Kier alpha value is -0.570. The van der Waals surface area contributed by atoms with E-state index >= 15 is 0 Å².